The molecule has 16 heteroatoms. The number of carbonyl (C=O) groups excluding carboxylic acids is 2. The number of amides is 1. The molecule has 1 amide bonds. The molecule has 2 fully saturated rings. The molecule has 0 aliphatic carbocycles. The van der Waals surface area contributed by atoms with Gasteiger partial charge in [0.15, 0.2) is 12.5 Å². The Morgan fingerprint density at radius 3 is 2.56 bits per heavy atom. The Balaban J connectivity index is 1.31. The van der Waals surface area contributed by atoms with E-state index in [1.54, 1.807) is 0 Å². The van der Waals surface area contributed by atoms with Gasteiger partial charge in [-0.25, -0.2) is 14.5 Å². The summed E-state index contributed by atoms with van der Waals surface area (Å²) in [5.74, 6) is -1.73. The van der Waals surface area contributed by atoms with Gasteiger partial charge in [0.2, 0.25) is 5.82 Å². The summed E-state index contributed by atoms with van der Waals surface area (Å²) in [6, 6.07) is 0. The van der Waals surface area contributed by atoms with E-state index in [-0.39, 0.29) is 32.1 Å². The van der Waals surface area contributed by atoms with Gasteiger partial charge in [-0.2, -0.15) is 0 Å². The van der Waals surface area contributed by atoms with E-state index >= 15 is 0 Å². The zero-order valence-corrected chi connectivity index (χ0v) is 18.0. The van der Waals surface area contributed by atoms with Crippen molar-refractivity contribution < 1.29 is 58.8 Å². The third kappa shape index (κ3) is 6.44. The third-order valence-electron chi connectivity index (χ3n) is 5.21. The molecule has 0 aromatic carbocycles. The fourth-order valence-electron chi connectivity index (χ4n) is 3.35. The molecule has 8 atom stereocenters. The van der Waals surface area contributed by atoms with Crippen LogP contribution >= 0.6 is 0 Å². The number of primary amides is 1. The summed E-state index contributed by atoms with van der Waals surface area (Å²) >= 11 is 0. The summed E-state index contributed by atoms with van der Waals surface area (Å²) in [7, 11) is 0. The summed E-state index contributed by atoms with van der Waals surface area (Å²) in [5, 5.41) is 52.4. The Bertz CT molecular complexity index is 823. The van der Waals surface area contributed by atoms with Crippen LogP contribution in [0.3, 0.4) is 0 Å². The maximum atomic E-state index is 11.9. The first kappa shape index (κ1) is 26.3. The molecule has 0 radical (unpaired) electrons. The van der Waals surface area contributed by atoms with Crippen molar-refractivity contribution in [1.29, 1.82) is 0 Å². The largest absolute Gasteiger partial charge is 0.461 e. The predicted octanol–water partition coefficient (Wildman–Crippen LogP) is -4.60. The van der Waals surface area contributed by atoms with E-state index in [9.17, 15) is 30.0 Å². The van der Waals surface area contributed by atoms with Crippen LogP contribution in [0.1, 0.15) is 23.3 Å². The van der Waals surface area contributed by atoms with Crippen molar-refractivity contribution in [2.75, 3.05) is 33.0 Å². The second-order valence-electron chi connectivity index (χ2n) is 7.65. The summed E-state index contributed by atoms with van der Waals surface area (Å²) in [6.07, 6.45) is -8.11. The van der Waals surface area contributed by atoms with E-state index < -0.39 is 74.2 Å². The van der Waals surface area contributed by atoms with E-state index in [2.05, 4.69) is 10.1 Å². The molecule has 3 heterocycles. The highest BCUT2D eigenvalue weighted by Gasteiger charge is 2.44. The lowest BCUT2D eigenvalue weighted by Gasteiger charge is -2.39. The molecule has 0 saturated carbocycles. The molecular formula is C18H28N4O12. The SMILES string of the molecule is NC(=O)c1ncn(C2C[C@H](O)C(COC(=O)COCCOC3OC(CO)C(O)C(O)C3O)O2)n1. The number of esters is 1. The van der Waals surface area contributed by atoms with Gasteiger partial charge in [-0.05, 0) is 0 Å². The van der Waals surface area contributed by atoms with Crippen LogP contribution < -0.4 is 5.73 Å². The maximum Gasteiger partial charge on any atom is 0.332 e. The van der Waals surface area contributed by atoms with Gasteiger partial charge in [0.05, 0.1) is 25.9 Å². The van der Waals surface area contributed by atoms with Crippen LogP contribution in [0, 0.1) is 0 Å². The van der Waals surface area contributed by atoms with Crippen molar-refractivity contribution in [2.24, 2.45) is 5.73 Å². The molecule has 7 N–H and O–H groups in total. The summed E-state index contributed by atoms with van der Waals surface area (Å²) in [5.41, 5.74) is 5.10. The lowest BCUT2D eigenvalue weighted by Crippen LogP contribution is -2.59. The van der Waals surface area contributed by atoms with Gasteiger partial charge in [-0.1, -0.05) is 0 Å². The fourth-order valence-corrected chi connectivity index (χ4v) is 3.35. The van der Waals surface area contributed by atoms with Gasteiger partial charge < -0.3 is 55.0 Å². The molecule has 2 aliphatic heterocycles. The molecule has 1 aromatic heterocycles. The first-order valence-corrected chi connectivity index (χ1v) is 10.4. The van der Waals surface area contributed by atoms with Crippen LogP contribution in [0.4, 0.5) is 0 Å². The van der Waals surface area contributed by atoms with Gasteiger partial charge in [-0.15, -0.1) is 5.10 Å². The first-order valence-electron chi connectivity index (χ1n) is 10.4. The molecule has 0 bridgehead atoms. The molecule has 0 spiro atoms. The monoisotopic (exact) mass is 492 g/mol. The van der Waals surface area contributed by atoms with Gasteiger partial charge in [0.1, 0.15) is 50.1 Å². The molecule has 192 valence electrons. The molecule has 3 rings (SSSR count). The Morgan fingerprint density at radius 2 is 1.88 bits per heavy atom. The van der Waals surface area contributed by atoms with Crippen LogP contribution in [-0.4, -0.2) is 128 Å². The lowest BCUT2D eigenvalue weighted by atomic mass is 9.99. The quantitative estimate of drug-likeness (QED) is 0.126. The van der Waals surface area contributed by atoms with Crippen molar-refractivity contribution in [3.63, 3.8) is 0 Å². The number of nitrogens with two attached hydrogens (primary N) is 1. The average Bonchev–Trinajstić information content (AvgIpc) is 3.44. The second kappa shape index (κ2) is 11.9. The molecular weight excluding hydrogens is 464 g/mol. The van der Waals surface area contributed by atoms with Crippen molar-refractivity contribution >= 4 is 11.9 Å². The summed E-state index contributed by atoms with van der Waals surface area (Å²) in [6.45, 7) is -1.50. The van der Waals surface area contributed by atoms with E-state index in [0.29, 0.717) is 0 Å². The van der Waals surface area contributed by atoms with E-state index in [1.807, 2.05) is 0 Å². The number of hydrogen-bond acceptors (Lipinski definition) is 14. The molecule has 7 unspecified atom stereocenters. The van der Waals surface area contributed by atoms with Crippen molar-refractivity contribution in [1.82, 2.24) is 14.8 Å². The minimum atomic E-state index is -1.56. The minimum absolute atomic E-state index is 0.0940. The Hall–Kier alpha value is -2.28. The van der Waals surface area contributed by atoms with Crippen molar-refractivity contribution in [2.45, 2.75) is 55.6 Å². The van der Waals surface area contributed by atoms with Crippen LogP contribution in [0.15, 0.2) is 6.33 Å². The number of nitrogens with zero attached hydrogens (tertiary/aromatic N) is 3. The van der Waals surface area contributed by atoms with Crippen LogP contribution in [0.25, 0.3) is 0 Å². The van der Waals surface area contributed by atoms with E-state index in [1.165, 1.54) is 11.0 Å². The number of carbonyl (C=O) groups is 2. The van der Waals surface area contributed by atoms with Crippen LogP contribution in [0.2, 0.25) is 0 Å². The number of aliphatic hydroxyl groups is 5. The Morgan fingerprint density at radius 1 is 1.12 bits per heavy atom. The van der Waals surface area contributed by atoms with Crippen LogP contribution in [0.5, 0.6) is 0 Å². The first-order chi connectivity index (χ1) is 16.2. The average molecular weight is 492 g/mol. The van der Waals surface area contributed by atoms with Gasteiger partial charge in [0.25, 0.3) is 5.91 Å². The van der Waals surface area contributed by atoms with Crippen LogP contribution in [-0.2, 0) is 28.5 Å². The predicted molar refractivity (Wildman–Crippen MR) is 105 cm³/mol. The normalized spacial score (nSPS) is 33.7. The number of rotatable bonds is 11. The van der Waals surface area contributed by atoms with Crippen molar-refractivity contribution in [3.05, 3.63) is 12.2 Å². The molecule has 34 heavy (non-hydrogen) atoms. The highest BCUT2D eigenvalue weighted by Crippen LogP contribution is 2.28. The van der Waals surface area contributed by atoms with Gasteiger partial charge >= 0.3 is 5.97 Å². The topological polar surface area (TPSA) is 238 Å². The third-order valence-corrected chi connectivity index (χ3v) is 5.21. The highest BCUT2D eigenvalue weighted by molar-refractivity contribution is 5.88. The maximum absolute atomic E-state index is 11.9. The summed E-state index contributed by atoms with van der Waals surface area (Å²) in [4.78, 5) is 26.7. The molecule has 2 aliphatic rings. The standard InChI is InChI=1S/C18H28N4O12/c19-16(29)17-20-7-22(21-17)11-3-8(24)10(33-11)5-32-12(25)6-30-1-2-31-18-15(28)14(27)13(26)9(4-23)34-18/h7-11,13-15,18,23-24,26-28H,1-6H2,(H2,19,29)/t8-,9?,10?,11?,13?,14?,15?,18?/m0/s1. The number of aliphatic hydroxyl groups excluding tert-OH is 5. The summed E-state index contributed by atoms with van der Waals surface area (Å²) < 4.78 is 27.4. The Labute approximate surface area is 192 Å². The number of hydrogen-bond donors (Lipinski definition) is 6. The molecule has 16 nitrogen and oxygen atoms in total. The number of aromatic nitrogens is 3. The lowest BCUT2D eigenvalue weighted by molar-refractivity contribution is -0.302. The molecule has 1 aromatic rings. The van der Waals surface area contributed by atoms with Gasteiger partial charge in [-0.3, -0.25) is 4.79 Å². The van der Waals surface area contributed by atoms with Gasteiger partial charge in [0, 0.05) is 6.42 Å². The zero-order valence-electron chi connectivity index (χ0n) is 18.0. The minimum Gasteiger partial charge on any atom is -0.461 e. The van der Waals surface area contributed by atoms with E-state index in [0.717, 1.165) is 0 Å². The van der Waals surface area contributed by atoms with Crippen molar-refractivity contribution in [3.8, 4) is 0 Å². The Kier molecular flexibility index (Phi) is 9.23. The zero-order chi connectivity index (χ0) is 24.8. The molecule has 2 saturated heterocycles. The second-order valence-corrected chi connectivity index (χ2v) is 7.65. The smallest absolute Gasteiger partial charge is 0.332 e. The number of ether oxygens (including phenoxy) is 5. The van der Waals surface area contributed by atoms with E-state index in [4.69, 9.17) is 34.5 Å². The fraction of sp³-hybridized carbons (Fsp3) is 0.778. The highest BCUT2D eigenvalue weighted by atomic mass is 16.7.